The van der Waals surface area contributed by atoms with Crippen molar-refractivity contribution in [2.45, 2.75) is 124 Å². The predicted molar refractivity (Wildman–Crippen MR) is 207 cm³/mol. The molecule has 22 nitrogen and oxygen atoms in total. The number of nitrogens with one attached hydrogen (secondary N) is 3. The number of phosphoric acid groups is 3. The highest BCUT2D eigenvalue weighted by Gasteiger charge is 2.50. The van der Waals surface area contributed by atoms with E-state index in [4.69, 9.17) is 45.9 Å². The Bertz CT molecular complexity index is 1560. The van der Waals surface area contributed by atoms with Gasteiger partial charge in [0.25, 0.3) is 0 Å². The maximum atomic E-state index is 14.0. The molecule has 3 fully saturated rings. The van der Waals surface area contributed by atoms with E-state index in [1.165, 1.54) is 20.8 Å². The first kappa shape index (κ1) is 51.9. The number of hydrogen-bond acceptors (Lipinski definition) is 18. The van der Waals surface area contributed by atoms with E-state index in [-0.39, 0.29) is 36.7 Å². The van der Waals surface area contributed by atoms with Gasteiger partial charge in [0.1, 0.15) is 0 Å². The van der Waals surface area contributed by atoms with Crippen LogP contribution in [0.3, 0.4) is 0 Å². The number of phosphoric ester groups is 3. The number of aliphatic hydroxyl groups excluding tert-OH is 1. The van der Waals surface area contributed by atoms with E-state index in [1.807, 2.05) is 13.8 Å². The van der Waals surface area contributed by atoms with Crippen molar-refractivity contribution in [3.63, 3.8) is 0 Å². The molecule has 3 heterocycles. The molecular formula is C34H64N3O19P3. The van der Waals surface area contributed by atoms with E-state index in [0.717, 1.165) is 21.3 Å². The molecule has 0 bridgehead atoms. The topological polar surface area (TPSA) is 280 Å². The molecule has 25 heteroatoms. The average Bonchev–Trinajstić information content (AvgIpc) is 3.16. The third kappa shape index (κ3) is 14.3. The van der Waals surface area contributed by atoms with E-state index >= 15 is 0 Å². The number of amides is 3. The second-order valence-electron chi connectivity index (χ2n) is 15.3. The first-order valence-corrected chi connectivity index (χ1v) is 23.8. The van der Waals surface area contributed by atoms with E-state index in [9.17, 15) is 38.1 Å². The molecule has 3 amide bonds. The lowest BCUT2D eigenvalue weighted by molar-refractivity contribution is -0.223. The van der Waals surface area contributed by atoms with E-state index in [2.05, 4.69) is 20.5 Å². The molecule has 59 heavy (non-hydrogen) atoms. The molecule has 344 valence electrons. The number of carbonyl (C=O) groups is 3. The SMILES string of the molecule is COP(=O)(O)OCC1O[C@H](OP(=O)(OC)OCC2O[C@H](OP(=O)(OC)OCCC3O[C@H](O)C(NC(C)=O)[C@@H](C)[C@@H]3C)C(NC(C)=O)[C@@H](C)[C@@H]2C)C(NC(C)=O)[C@@H](C)[C@@H]1C. The van der Waals surface area contributed by atoms with Crippen molar-refractivity contribution in [1.29, 1.82) is 0 Å². The fraction of sp³-hybridized carbons (Fsp3) is 0.912. The predicted octanol–water partition coefficient (Wildman–Crippen LogP) is 3.21. The van der Waals surface area contributed by atoms with Crippen LogP contribution < -0.4 is 16.0 Å². The van der Waals surface area contributed by atoms with Gasteiger partial charge in [0.2, 0.25) is 17.7 Å². The van der Waals surface area contributed by atoms with Crippen LogP contribution in [0, 0.1) is 35.5 Å². The monoisotopic (exact) mass is 911 g/mol. The van der Waals surface area contributed by atoms with Crippen molar-refractivity contribution in [3.05, 3.63) is 0 Å². The summed E-state index contributed by atoms with van der Waals surface area (Å²) in [4.78, 5) is 45.9. The first-order valence-electron chi connectivity index (χ1n) is 19.4. The van der Waals surface area contributed by atoms with Gasteiger partial charge in [-0.3, -0.25) is 50.6 Å². The lowest BCUT2D eigenvalue weighted by Gasteiger charge is -2.45. The van der Waals surface area contributed by atoms with Crippen LogP contribution in [0.5, 0.6) is 0 Å². The van der Waals surface area contributed by atoms with Gasteiger partial charge in [-0.2, -0.15) is 0 Å². The standard InChI is InChI=1S/C34H64N3O19P3/c1-17-20(4)29(35-23(7)38)32(41)52-26(17)13-14-49-58(44,47-11)55-33-30(36-24(8)39)22(6)19(3)28(54-33)16-51-59(45,48-12)56-34-31(37-25(9)40)21(5)18(2)27(53-34)15-50-57(42,43)46-10/h17-22,26-34,41H,13-16H2,1-12H3,(H,35,38)(H,36,39)(H,37,40)(H,42,43)/t17-,18-,19-,20-,21-,22-,26?,27?,28?,29?,30?,31?,32-,33+,34+,58?,59?/m0/s1. The molecule has 0 aliphatic carbocycles. The fourth-order valence-corrected chi connectivity index (χ4v) is 9.75. The Labute approximate surface area is 345 Å². The second-order valence-corrected chi connectivity index (χ2v) is 20.3. The third-order valence-corrected chi connectivity index (χ3v) is 15.2. The Balaban J connectivity index is 1.76. The summed E-state index contributed by atoms with van der Waals surface area (Å²) in [6, 6.07) is -2.37. The van der Waals surface area contributed by atoms with Gasteiger partial charge in [0, 0.05) is 42.1 Å². The Morgan fingerprint density at radius 3 is 1.37 bits per heavy atom. The molecule has 5 N–H and O–H groups in total. The zero-order valence-electron chi connectivity index (χ0n) is 35.7. The van der Waals surface area contributed by atoms with Crippen molar-refractivity contribution < 1.29 is 88.5 Å². The number of rotatable bonds is 20. The Hall–Kier alpha value is -1.42. The summed E-state index contributed by atoms with van der Waals surface area (Å²) in [5.74, 6) is -3.12. The lowest BCUT2D eigenvalue weighted by Crippen LogP contribution is -2.58. The van der Waals surface area contributed by atoms with Gasteiger partial charge in [0.15, 0.2) is 18.9 Å². The molecule has 0 aromatic rings. The van der Waals surface area contributed by atoms with Crippen LogP contribution >= 0.6 is 23.5 Å². The largest absolute Gasteiger partial charge is 0.477 e. The molecule has 18 atom stereocenters. The highest BCUT2D eigenvalue weighted by Crippen LogP contribution is 2.55. The van der Waals surface area contributed by atoms with Crippen molar-refractivity contribution in [2.24, 2.45) is 35.5 Å². The highest BCUT2D eigenvalue weighted by molar-refractivity contribution is 7.48. The molecule has 3 aliphatic rings. The zero-order valence-corrected chi connectivity index (χ0v) is 38.3. The molecule has 9 unspecified atom stereocenters. The van der Waals surface area contributed by atoms with Crippen molar-refractivity contribution >= 4 is 41.2 Å². The maximum Gasteiger partial charge on any atom is 0.477 e. The van der Waals surface area contributed by atoms with Gasteiger partial charge >= 0.3 is 23.5 Å². The Morgan fingerprint density at radius 1 is 0.559 bits per heavy atom. The van der Waals surface area contributed by atoms with Gasteiger partial charge in [0.05, 0.1) is 56.3 Å². The van der Waals surface area contributed by atoms with Gasteiger partial charge in [-0.05, 0) is 41.9 Å². The summed E-state index contributed by atoms with van der Waals surface area (Å²) < 4.78 is 101. The average molecular weight is 912 g/mol. The summed E-state index contributed by atoms with van der Waals surface area (Å²) >= 11 is 0. The van der Waals surface area contributed by atoms with Gasteiger partial charge in [-0.25, -0.2) is 13.7 Å². The number of aliphatic hydroxyl groups is 1. The molecule has 0 spiro atoms. The minimum absolute atomic E-state index is 0.145. The summed E-state index contributed by atoms with van der Waals surface area (Å²) in [7, 11) is -10.1. The minimum atomic E-state index is -4.54. The van der Waals surface area contributed by atoms with Crippen LogP contribution in [-0.2, 0) is 78.5 Å². The van der Waals surface area contributed by atoms with Crippen molar-refractivity contribution in [3.8, 4) is 0 Å². The summed E-state index contributed by atoms with van der Waals surface area (Å²) in [6.07, 6.45) is -6.38. The number of ether oxygens (including phenoxy) is 3. The molecular weight excluding hydrogens is 847 g/mol. The molecule has 0 aromatic heterocycles. The van der Waals surface area contributed by atoms with E-state index < -0.39 is 122 Å². The summed E-state index contributed by atoms with van der Waals surface area (Å²) in [6.45, 7) is 13.8. The molecule has 3 rings (SSSR count). The van der Waals surface area contributed by atoms with Crippen LogP contribution in [0.1, 0.15) is 68.7 Å². The quantitative estimate of drug-likeness (QED) is 0.110. The first-order chi connectivity index (χ1) is 27.4. The molecule has 0 saturated carbocycles. The number of carbonyl (C=O) groups excluding carboxylic acids is 3. The maximum absolute atomic E-state index is 14.0. The van der Waals surface area contributed by atoms with Crippen LogP contribution in [-0.4, -0.2) is 124 Å². The molecule has 0 radical (unpaired) electrons. The number of hydrogen-bond donors (Lipinski definition) is 5. The van der Waals surface area contributed by atoms with Gasteiger partial charge in [-0.1, -0.05) is 41.5 Å². The normalized spacial score (nSPS) is 38.2. The molecule has 3 saturated heterocycles. The van der Waals surface area contributed by atoms with Gasteiger partial charge < -0.3 is 40.2 Å². The third-order valence-electron chi connectivity index (χ3n) is 11.5. The Morgan fingerprint density at radius 2 is 0.949 bits per heavy atom. The van der Waals surface area contributed by atoms with Crippen LogP contribution in [0.4, 0.5) is 0 Å². The van der Waals surface area contributed by atoms with Crippen LogP contribution in [0.15, 0.2) is 0 Å². The van der Waals surface area contributed by atoms with Gasteiger partial charge in [-0.15, -0.1) is 0 Å². The van der Waals surface area contributed by atoms with Crippen molar-refractivity contribution in [2.75, 3.05) is 41.2 Å². The van der Waals surface area contributed by atoms with Crippen LogP contribution in [0.25, 0.3) is 0 Å². The second kappa shape index (κ2) is 22.3. The molecule has 0 aromatic carbocycles. The Kier molecular flexibility index (Phi) is 19.6. The van der Waals surface area contributed by atoms with Crippen LogP contribution in [0.2, 0.25) is 0 Å². The van der Waals surface area contributed by atoms with E-state index in [1.54, 1.807) is 27.7 Å². The lowest BCUT2D eigenvalue weighted by atomic mass is 9.81. The smallest absolute Gasteiger partial charge is 0.366 e. The highest BCUT2D eigenvalue weighted by atomic mass is 31.2. The zero-order chi connectivity index (χ0) is 44.6. The summed E-state index contributed by atoms with van der Waals surface area (Å²) in [5, 5.41) is 18.8. The minimum Gasteiger partial charge on any atom is -0.366 e. The fourth-order valence-electron chi connectivity index (χ4n) is 7.27. The van der Waals surface area contributed by atoms with E-state index in [0.29, 0.717) is 0 Å². The van der Waals surface area contributed by atoms with Crippen molar-refractivity contribution in [1.82, 2.24) is 16.0 Å². The summed E-state index contributed by atoms with van der Waals surface area (Å²) in [5.41, 5.74) is 0. The molecule has 3 aliphatic heterocycles.